The van der Waals surface area contributed by atoms with Crippen LogP contribution in [0.1, 0.15) is 18.5 Å². The van der Waals surface area contributed by atoms with E-state index >= 15 is 0 Å². The van der Waals surface area contributed by atoms with Gasteiger partial charge < -0.3 is 14.5 Å². The molecule has 1 spiro atoms. The van der Waals surface area contributed by atoms with Gasteiger partial charge in [0.2, 0.25) is 5.91 Å². The molecule has 0 N–H and O–H groups in total. The molecule has 0 aromatic carbocycles. The number of ether oxygens (including phenoxy) is 1. The lowest BCUT2D eigenvalue weighted by molar-refractivity contribution is -0.159. The van der Waals surface area contributed by atoms with Crippen LogP contribution in [0.3, 0.4) is 0 Å². The summed E-state index contributed by atoms with van der Waals surface area (Å²) in [5.74, 6) is -0.346. The van der Waals surface area contributed by atoms with Crippen molar-refractivity contribution >= 4 is 5.91 Å². The number of rotatable bonds is 2. The molecule has 3 rings (SSSR count). The van der Waals surface area contributed by atoms with Crippen LogP contribution in [-0.2, 0) is 16.0 Å². The van der Waals surface area contributed by atoms with E-state index in [-0.39, 0.29) is 23.7 Å². The van der Waals surface area contributed by atoms with E-state index in [1.165, 1.54) is 6.07 Å². The van der Waals surface area contributed by atoms with Gasteiger partial charge in [-0.1, -0.05) is 0 Å². The number of hydrogen-bond donors (Lipinski definition) is 0. The second-order valence-corrected chi connectivity index (χ2v) is 6.33. The van der Waals surface area contributed by atoms with Crippen LogP contribution in [0, 0.1) is 5.82 Å². The third-order valence-electron chi connectivity index (χ3n) is 4.45. The van der Waals surface area contributed by atoms with Gasteiger partial charge in [-0.15, -0.1) is 0 Å². The Morgan fingerprint density at radius 1 is 1.41 bits per heavy atom. The molecule has 2 aliphatic heterocycles. The Hall–Kier alpha value is -1.53. The fraction of sp³-hybridized carbons (Fsp3) is 0.625. The van der Waals surface area contributed by atoms with Crippen molar-refractivity contribution in [3.63, 3.8) is 0 Å². The fourth-order valence-corrected chi connectivity index (χ4v) is 3.40. The lowest BCUT2D eigenvalue weighted by atomic mass is 9.91. The largest absolute Gasteiger partial charge is 0.370 e. The average molecular weight is 307 g/mol. The van der Waals surface area contributed by atoms with E-state index in [0.717, 1.165) is 32.1 Å². The molecule has 2 saturated heterocycles. The van der Waals surface area contributed by atoms with Gasteiger partial charge in [-0.2, -0.15) is 0 Å². The topological polar surface area (TPSA) is 45.7 Å². The summed E-state index contributed by atoms with van der Waals surface area (Å²) < 4.78 is 18.9. The highest BCUT2D eigenvalue weighted by molar-refractivity contribution is 5.78. The van der Waals surface area contributed by atoms with Crippen LogP contribution in [0.4, 0.5) is 4.39 Å². The number of morpholine rings is 1. The van der Waals surface area contributed by atoms with Gasteiger partial charge in [-0.3, -0.25) is 9.78 Å². The molecule has 1 aromatic heterocycles. The first-order valence-corrected chi connectivity index (χ1v) is 7.77. The van der Waals surface area contributed by atoms with E-state index < -0.39 is 0 Å². The SMILES string of the molecule is CN1CCCC2(C1)CN(C(=O)Cc1ccc(F)cn1)CCO2. The van der Waals surface area contributed by atoms with Gasteiger partial charge in [0.1, 0.15) is 5.82 Å². The molecule has 3 heterocycles. The third kappa shape index (κ3) is 3.44. The van der Waals surface area contributed by atoms with Gasteiger partial charge in [0, 0.05) is 18.8 Å². The molecular weight excluding hydrogens is 285 g/mol. The number of carbonyl (C=O) groups excluding carboxylic acids is 1. The summed E-state index contributed by atoms with van der Waals surface area (Å²) >= 11 is 0. The molecule has 1 atom stereocenters. The fourth-order valence-electron chi connectivity index (χ4n) is 3.40. The maximum atomic E-state index is 12.9. The summed E-state index contributed by atoms with van der Waals surface area (Å²) in [5.41, 5.74) is 0.379. The summed E-state index contributed by atoms with van der Waals surface area (Å²) in [6.45, 7) is 3.78. The Labute approximate surface area is 130 Å². The van der Waals surface area contributed by atoms with E-state index in [1.807, 2.05) is 4.90 Å². The molecule has 6 heteroatoms. The van der Waals surface area contributed by atoms with Crippen LogP contribution >= 0.6 is 0 Å². The molecule has 2 fully saturated rings. The summed E-state index contributed by atoms with van der Waals surface area (Å²) in [6, 6.07) is 2.91. The minimum absolute atomic E-state index is 0.0370. The molecule has 2 aliphatic rings. The molecule has 1 amide bonds. The Morgan fingerprint density at radius 3 is 3.00 bits per heavy atom. The highest BCUT2D eigenvalue weighted by Crippen LogP contribution is 2.28. The van der Waals surface area contributed by atoms with Crippen LogP contribution in [0.5, 0.6) is 0 Å². The molecule has 5 nitrogen and oxygen atoms in total. The van der Waals surface area contributed by atoms with Crippen LogP contribution < -0.4 is 0 Å². The third-order valence-corrected chi connectivity index (χ3v) is 4.45. The Kier molecular flexibility index (Phi) is 4.40. The second kappa shape index (κ2) is 6.30. The number of likely N-dealkylation sites (tertiary alicyclic amines) is 1. The second-order valence-electron chi connectivity index (χ2n) is 6.33. The van der Waals surface area contributed by atoms with Crippen molar-refractivity contribution in [1.29, 1.82) is 0 Å². The Balaban J connectivity index is 1.63. The summed E-state index contributed by atoms with van der Waals surface area (Å²) in [6.07, 6.45) is 3.46. The first-order chi connectivity index (χ1) is 10.6. The minimum atomic E-state index is -0.383. The number of piperidine rings is 1. The van der Waals surface area contributed by atoms with Gasteiger partial charge in [0.05, 0.1) is 31.4 Å². The van der Waals surface area contributed by atoms with Crippen LogP contribution in [-0.4, -0.2) is 66.1 Å². The highest BCUT2D eigenvalue weighted by Gasteiger charge is 2.40. The van der Waals surface area contributed by atoms with Crippen molar-refractivity contribution in [2.24, 2.45) is 0 Å². The van der Waals surface area contributed by atoms with Crippen molar-refractivity contribution in [3.05, 3.63) is 29.8 Å². The first-order valence-electron chi connectivity index (χ1n) is 7.77. The summed E-state index contributed by atoms with van der Waals surface area (Å²) in [5, 5.41) is 0. The number of likely N-dealkylation sites (N-methyl/N-ethyl adjacent to an activating group) is 1. The van der Waals surface area contributed by atoms with Gasteiger partial charge in [-0.05, 0) is 38.6 Å². The number of pyridine rings is 1. The Morgan fingerprint density at radius 2 is 2.27 bits per heavy atom. The van der Waals surface area contributed by atoms with Gasteiger partial charge in [-0.25, -0.2) is 4.39 Å². The van der Waals surface area contributed by atoms with Crippen molar-refractivity contribution in [1.82, 2.24) is 14.8 Å². The number of aromatic nitrogens is 1. The zero-order valence-electron chi connectivity index (χ0n) is 12.9. The predicted octanol–water partition coefficient (Wildman–Crippen LogP) is 1.09. The van der Waals surface area contributed by atoms with Gasteiger partial charge >= 0.3 is 0 Å². The lowest BCUT2D eigenvalue weighted by Crippen LogP contribution is -2.60. The summed E-state index contributed by atoms with van der Waals surface area (Å²) in [7, 11) is 2.09. The number of nitrogens with zero attached hydrogens (tertiary/aromatic N) is 3. The standard InChI is InChI=1S/C16H22FN3O2/c1-19-6-2-5-16(11-19)12-20(7-8-22-16)15(21)9-14-4-3-13(17)10-18-14/h3-4,10H,2,5-9,11-12H2,1H3. The Bertz CT molecular complexity index is 533. The molecule has 0 bridgehead atoms. The molecule has 1 aromatic rings. The molecule has 22 heavy (non-hydrogen) atoms. The molecule has 120 valence electrons. The van der Waals surface area contributed by atoms with Crippen molar-refractivity contribution in [2.45, 2.75) is 24.9 Å². The first kappa shape index (κ1) is 15.4. The van der Waals surface area contributed by atoms with Gasteiger partial charge in [0.15, 0.2) is 0 Å². The number of halogens is 1. The van der Waals surface area contributed by atoms with E-state index in [4.69, 9.17) is 4.74 Å². The molecule has 1 unspecified atom stereocenters. The van der Waals surface area contributed by atoms with Crippen LogP contribution in [0.2, 0.25) is 0 Å². The lowest BCUT2D eigenvalue weighted by Gasteiger charge is -2.47. The van der Waals surface area contributed by atoms with E-state index in [1.54, 1.807) is 6.07 Å². The maximum Gasteiger partial charge on any atom is 0.228 e. The number of carbonyl (C=O) groups is 1. The van der Waals surface area contributed by atoms with Gasteiger partial charge in [0.25, 0.3) is 0 Å². The van der Waals surface area contributed by atoms with E-state index in [0.29, 0.717) is 25.4 Å². The molecule has 0 aliphatic carbocycles. The highest BCUT2D eigenvalue weighted by atomic mass is 19.1. The molecular formula is C16H22FN3O2. The zero-order valence-corrected chi connectivity index (χ0v) is 12.9. The average Bonchev–Trinajstić information content (AvgIpc) is 2.49. The van der Waals surface area contributed by atoms with Crippen LogP contribution in [0.15, 0.2) is 18.3 Å². The minimum Gasteiger partial charge on any atom is -0.370 e. The van der Waals surface area contributed by atoms with E-state index in [9.17, 15) is 9.18 Å². The summed E-state index contributed by atoms with van der Waals surface area (Å²) in [4.78, 5) is 20.6. The predicted molar refractivity (Wildman–Crippen MR) is 79.9 cm³/mol. The smallest absolute Gasteiger partial charge is 0.228 e. The monoisotopic (exact) mass is 307 g/mol. The number of amides is 1. The van der Waals surface area contributed by atoms with E-state index in [2.05, 4.69) is 16.9 Å². The molecule has 0 saturated carbocycles. The van der Waals surface area contributed by atoms with Crippen molar-refractivity contribution < 1.29 is 13.9 Å². The quantitative estimate of drug-likeness (QED) is 0.820. The number of hydrogen-bond acceptors (Lipinski definition) is 4. The normalized spacial score (nSPS) is 26.4. The van der Waals surface area contributed by atoms with Crippen molar-refractivity contribution in [2.75, 3.05) is 39.8 Å². The zero-order chi connectivity index (χ0) is 15.6. The van der Waals surface area contributed by atoms with Crippen molar-refractivity contribution in [3.8, 4) is 0 Å². The van der Waals surface area contributed by atoms with Crippen LogP contribution in [0.25, 0.3) is 0 Å². The maximum absolute atomic E-state index is 12.9. The molecule has 0 radical (unpaired) electrons.